The van der Waals surface area contributed by atoms with E-state index in [1.165, 1.54) is 13.0 Å². The van der Waals surface area contributed by atoms with E-state index < -0.39 is 36.2 Å². The van der Waals surface area contributed by atoms with Crippen LogP contribution in [-0.4, -0.2) is 54.8 Å². The van der Waals surface area contributed by atoms with E-state index in [0.29, 0.717) is 49.0 Å². The Labute approximate surface area is 225 Å². The maximum Gasteiger partial charge on any atom is 0.431 e. The van der Waals surface area contributed by atoms with Crippen LogP contribution in [0.4, 0.5) is 28.9 Å². The van der Waals surface area contributed by atoms with Gasteiger partial charge in [0.25, 0.3) is 0 Å². The summed E-state index contributed by atoms with van der Waals surface area (Å²) >= 11 is 0. The Bertz CT molecular complexity index is 1190. The summed E-state index contributed by atoms with van der Waals surface area (Å²) in [5.74, 6) is -1.32. The van der Waals surface area contributed by atoms with Gasteiger partial charge in [0.05, 0.1) is 30.4 Å². The van der Waals surface area contributed by atoms with Crippen LogP contribution in [0.3, 0.4) is 0 Å². The highest BCUT2D eigenvalue weighted by Gasteiger charge is 2.48. The fourth-order valence-electron chi connectivity index (χ4n) is 5.30. The number of ether oxygens (including phenoxy) is 2. The number of rotatable bonds is 9. The molecule has 39 heavy (non-hydrogen) atoms. The van der Waals surface area contributed by atoms with Gasteiger partial charge in [0, 0.05) is 37.4 Å². The molecule has 4 rings (SSSR count). The average Bonchev–Trinajstić information content (AvgIpc) is 3.22. The van der Waals surface area contributed by atoms with Crippen molar-refractivity contribution in [1.82, 2.24) is 0 Å². The van der Waals surface area contributed by atoms with Gasteiger partial charge >= 0.3 is 12.1 Å². The van der Waals surface area contributed by atoms with Crippen molar-refractivity contribution in [3.8, 4) is 11.5 Å². The second-order valence-corrected chi connectivity index (χ2v) is 9.88. The number of anilines is 2. The fourth-order valence-corrected chi connectivity index (χ4v) is 5.30. The third kappa shape index (κ3) is 6.39. The van der Waals surface area contributed by atoms with Crippen LogP contribution in [0.2, 0.25) is 0 Å². The normalized spacial score (nSPS) is 23.5. The van der Waals surface area contributed by atoms with Crippen LogP contribution in [-0.2, 0) is 4.79 Å². The molecule has 4 atom stereocenters. The highest BCUT2D eigenvalue weighted by molar-refractivity contribution is 5.95. The number of nitrogens with zero attached hydrogens (tertiary/aromatic N) is 3. The second-order valence-electron chi connectivity index (χ2n) is 9.88. The lowest BCUT2D eigenvalue weighted by Gasteiger charge is -2.39. The Morgan fingerprint density at radius 3 is 2.44 bits per heavy atom. The summed E-state index contributed by atoms with van der Waals surface area (Å²) in [6.45, 7) is 6.94. The van der Waals surface area contributed by atoms with Gasteiger partial charge in [-0.2, -0.15) is 18.3 Å². The number of carbonyl (C=O) groups is 1. The Morgan fingerprint density at radius 2 is 1.82 bits per heavy atom. The van der Waals surface area contributed by atoms with E-state index in [1.807, 2.05) is 18.7 Å². The maximum atomic E-state index is 14.6. The quantitative estimate of drug-likeness (QED) is 0.378. The molecule has 2 aliphatic heterocycles. The lowest BCUT2D eigenvalue weighted by molar-refractivity contribution is -0.137. The smallest absolute Gasteiger partial charge is 0.431 e. The van der Waals surface area contributed by atoms with Crippen molar-refractivity contribution in [2.24, 2.45) is 16.9 Å². The third-order valence-electron chi connectivity index (χ3n) is 7.36. The largest absolute Gasteiger partial charge is 0.494 e. The van der Waals surface area contributed by atoms with Gasteiger partial charge in [-0.1, -0.05) is 13.8 Å². The average molecular weight is 552 g/mol. The van der Waals surface area contributed by atoms with E-state index in [0.717, 1.165) is 11.4 Å². The molecule has 7 nitrogen and oxygen atoms in total. The van der Waals surface area contributed by atoms with Gasteiger partial charge < -0.3 is 19.5 Å². The van der Waals surface area contributed by atoms with E-state index in [4.69, 9.17) is 9.47 Å². The van der Waals surface area contributed by atoms with Gasteiger partial charge in [0.1, 0.15) is 29.1 Å². The zero-order chi connectivity index (χ0) is 28.3. The third-order valence-corrected chi connectivity index (χ3v) is 7.36. The molecule has 0 amide bonds. The molecular weight excluding hydrogens is 518 g/mol. The summed E-state index contributed by atoms with van der Waals surface area (Å²) in [6.07, 6.45) is -3.79. The fraction of sp³-hybridized carbons (Fsp3) is 0.500. The van der Waals surface area contributed by atoms with Crippen LogP contribution >= 0.6 is 0 Å². The molecule has 0 saturated carbocycles. The topological polar surface area (TPSA) is 74.6 Å². The number of hydrogen-bond donors (Lipinski definition) is 1. The lowest BCUT2D eigenvalue weighted by Crippen LogP contribution is -2.45. The predicted octanol–water partition coefficient (Wildman–Crippen LogP) is 6.13. The zero-order valence-electron chi connectivity index (χ0n) is 22.1. The van der Waals surface area contributed by atoms with E-state index in [9.17, 15) is 27.5 Å². The Kier molecular flexibility index (Phi) is 8.56. The minimum atomic E-state index is -4.65. The molecule has 0 radical (unpaired) electrons. The summed E-state index contributed by atoms with van der Waals surface area (Å²) in [4.78, 5) is 13.3. The molecule has 11 heteroatoms. The SMILES string of the molecule is CCOc1ccc(F)c(N2CCC(Oc3ccc(N4N=C(C(F)(F)F)C(C)C4CC(=O)O)cc3)C(CC)C2)c1. The number of hydrogen-bond acceptors (Lipinski definition) is 6. The highest BCUT2D eigenvalue weighted by Crippen LogP contribution is 2.37. The Balaban J connectivity index is 1.46. The number of alkyl halides is 3. The van der Waals surface area contributed by atoms with Crippen molar-refractivity contribution < 1.29 is 36.9 Å². The minimum absolute atomic E-state index is 0.117. The molecule has 2 aromatic rings. The monoisotopic (exact) mass is 551 g/mol. The summed E-state index contributed by atoms with van der Waals surface area (Å²) in [7, 11) is 0. The van der Waals surface area contributed by atoms with Crippen LogP contribution in [0.15, 0.2) is 47.6 Å². The zero-order valence-corrected chi connectivity index (χ0v) is 22.1. The number of carboxylic acids is 1. The second kappa shape index (κ2) is 11.7. The number of hydrazone groups is 1. The number of halogens is 4. The minimum Gasteiger partial charge on any atom is -0.494 e. The van der Waals surface area contributed by atoms with Gasteiger partial charge in [-0.25, -0.2) is 4.39 Å². The molecule has 1 fully saturated rings. The molecule has 1 saturated heterocycles. The molecule has 1 N–H and O–H groups in total. The van der Waals surface area contributed by atoms with Crippen LogP contribution in [0.5, 0.6) is 11.5 Å². The molecule has 0 aromatic heterocycles. The first-order valence-electron chi connectivity index (χ1n) is 13.1. The summed E-state index contributed by atoms with van der Waals surface area (Å²) in [6, 6.07) is 10.3. The standard InChI is InChI=1S/C28H33F4N3O4/c1-4-18-16-34(24-14-21(38-5-2)10-11-22(24)29)13-12-25(18)39-20-8-6-19(7-9-20)35-23(15-26(36)37)17(3)27(33-35)28(30,31)32/h6-11,14,17-18,23,25H,4-5,12-13,15-16H2,1-3H3,(H,36,37). The summed E-state index contributed by atoms with van der Waals surface area (Å²) in [5.41, 5.74) is -0.141. The van der Waals surface area contributed by atoms with E-state index in [-0.39, 0.29) is 17.8 Å². The van der Waals surface area contributed by atoms with Crippen molar-refractivity contribution in [2.45, 2.75) is 58.4 Å². The lowest BCUT2D eigenvalue weighted by atomic mass is 9.91. The molecule has 2 heterocycles. The van der Waals surface area contributed by atoms with Crippen molar-refractivity contribution in [3.05, 3.63) is 48.3 Å². The Morgan fingerprint density at radius 1 is 1.13 bits per heavy atom. The van der Waals surface area contributed by atoms with Gasteiger partial charge in [-0.3, -0.25) is 9.80 Å². The molecule has 4 unspecified atom stereocenters. The first-order chi connectivity index (χ1) is 18.5. The van der Waals surface area contributed by atoms with Crippen molar-refractivity contribution in [1.29, 1.82) is 0 Å². The molecule has 2 aromatic carbocycles. The number of carboxylic acid groups (broad SMARTS) is 1. The number of piperidine rings is 1. The van der Waals surface area contributed by atoms with E-state index >= 15 is 0 Å². The van der Waals surface area contributed by atoms with Gasteiger partial charge in [0.15, 0.2) is 0 Å². The summed E-state index contributed by atoms with van der Waals surface area (Å²) in [5, 5.41) is 14.2. The molecular formula is C28H33F4N3O4. The first kappa shape index (κ1) is 28.5. The van der Waals surface area contributed by atoms with Gasteiger partial charge in [-0.15, -0.1) is 0 Å². The molecule has 0 spiro atoms. The van der Waals surface area contributed by atoms with Crippen molar-refractivity contribution >= 4 is 23.1 Å². The number of benzene rings is 2. The first-order valence-corrected chi connectivity index (χ1v) is 13.1. The van der Waals surface area contributed by atoms with Crippen LogP contribution in [0.1, 0.15) is 40.0 Å². The van der Waals surface area contributed by atoms with Crippen LogP contribution in [0, 0.1) is 17.7 Å². The van der Waals surface area contributed by atoms with Gasteiger partial charge in [-0.05, 0) is 49.7 Å². The molecule has 0 aliphatic carbocycles. The number of aliphatic carboxylic acids is 1. The van der Waals surface area contributed by atoms with E-state index in [2.05, 4.69) is 5.10 Å². The van der Waals surface area contributed by atoms with E-state index in [1.54, 1.807) is 36.4 Å². The Hall–Kier alpha value is -3.50. The maximum absolute atomic E-state index is 14.6. The van der Waals surface area contributed by atoms with Crippen LogP contribution < -0.4 is 19.4 Å². The van der Waals surface area contributed by atoms with Crippen molar-refractivity contribution in [2.75, 3.05) is 29.6 Å². The van der Waals surface area contributed by atoms with Gasteiger partial charge in [0.2, 0.25) is 0 Å². The van der Waals surface area contributed by atoms with Crippen molar-refractivity contribution in [3.63, 3.8) is 0 Å². The summed E-state index contributed by atoms with van der Waals surface area (Å²) < 4.78 is 66.8. The predicted molar refractivity (Wildman–Crippen MR) is 140 cm³/mol. The molecule has 2 aliphatic rings. The molecule has 212 valence electrons. The van der Waals surface area contributed by atoms with Crippen LogP contribution in [0.25, 0.3) is 0 Å². The highest BCUT2D eigenvalue weighted by atomic mass is 19.4. The molecule has 0 bridgehead atoms.